The maximum absolute atomic E-state index is 12.0. The number of hydrogen-bond acceptors (Lipinski definition) is 3. The number of hydrogen-bond donors (Lipinski definition) is 2. The standard InChI is InChI=1S/C13H24N2O2/c1-2-5-13(17)9-15(10-13)12(16)8-11-3-6-14-7-4-11/h11,14,17H,2-10H2,1H3. The SMILES string of the molecule is CCCC1(O)CN(C(=O)CC2CCNCC2)C1. The molecule has 17 heavy (non-hydrogen) atoms. The second-order valence-corrected chi connectivity index (χ2v) is 5.62. The summed E-state index contributed by atoms with van der Waals surface area (Å²) in [5.74, 6) is 0.779. The van der Waals surface area contributed by atoms with Gasteiger partial charge in [-0.3, -0.25) is 4.79 Å². The minimum atomic E-state index is -0.585. The zero-order chi connectivity index (χ0) is 12.3. The van der Waals surface area contributed by atoms with Crippen molar-refractivity contribution in [3.63, 3.8) is 0 Å². The number of likely N-dealkylation sites (tertiary alicyclic amines) is 1. The van der Waals surface area contributed by atoms with E-state index < -0.39 is 5.60 Å². The van der Waals surface area contributed by atoms with Gasteiger partial charge in [0, 0.05) is 6.42 Å². The number of β-amino-alcohol motifs (C(OH)–C–C–N with tert-alkyl or cyclic N) is 1. The largest absolute Gasteiger partial charge is 0.386 e. The second-order valence-electron chi connectivity index (χ2n) is 5.62. The van der Waals surface area contributed by atoms with Gasteiger partial charge in [0.05, 0.1) is 18.7 Å². The Bertz CT molecular complexity index is 269. The van der Waals surface area contributed by atoms with Gasteiger partial charge >= 0.3 is 0 Å². The fourth-order valence-corrected chi connectivity index (χ4v) is 2.93. The molecule has 0 aromatic rings. The molecule has 0 radical (unpaired) electrons. The van der Waals surface area contributed by atoms with Gasteiger partial charge in [0.2, 0.25) is 5.91 Å². The Balaban J connectivity index is 1.71. The van der Waals surface area contributed by atoms with Crippen molar-refractivity contribution in [1.82, 2.24) is 10.2 Å². The highest BCUT2D eigenvalue weighted by atomic mass is 16.3. The summed E-state index contributed by atoms with van der Waals surface area (Å²) in [5, 5.41) is 13.3. The molecule has 0 aromatic carbocycles. The third-order valence-electron chi connectivity index (χ3n) is 3.96. The molecule has 2 rings (SSSR count). The number of nitrogens with one attached hydrogen (secondary N) is 1. The van der Waals surface area contributed by atoms with E-state index in [0.29, 0.717) is 25.4 Å². The molecule has 2 saturated heterocycles. The van der Waals surface area contributed by atoms with Crippen LogP contribution in [0.5, 0.6) is 0 Å². The first-order valence-corrected chi connectivity index (χ1v) is 6.84. The number of piperidine rings is 1. The lowest BCUT2D eigenvalue weighted by Crippen LogP contribution is -2.63. The quantitative estimate of drug-likeness (QED) is 0.762. The Morgan fingerprint density at radius 3 is 2.65 bits per heavy atom. The molecule has 4 nitrogen and oxygen atoms in total. The van der Waals surface area contributed by atoms with Gasteiger partial charge in [0.25, 0.3) is 0 Å². The molecule has 2 aliphatic heterocycles. The molecule has 2 heterocycles. The van der Waals surface area contributed by atoms with Crippen molar-refractivity contribution >= 4 is 5.91 Å². The molecule has 0 unspecified atom stereocenters. The van der Waals surface area contributed by atoms with Crippen molar-refractivity contribution < 1.29 is 9.90 Å². The topological polar surface area (TPSA) is 52.6 Å². The van der Waals surface area contributed by atoms with Gasteiger partial charge in [-0.2, -0.15) is 0 Å². The number of amides is 1. The molecule has 0 saturated carbocycles. The average molecular weight is 240 g/mol. The van der Waals surface area contributed by atoms with Crippen LogP contribution in [0.3, 0.4) is 0 Å². The molecule has 1 amide bonds. The van der Waals surface area contributed by atoms with Crippen LogP contribution in [-0.2, 0) is 4.79 Å². The van der Waals surface area contributed by atoms with Crippen LogP contribution in [0.25, 0.3) is 0 Å². The molecule has 98 valence electrons. The van der Waals surface area contributed by atoms with Gasteiger partial charge in [-0.05, 0) is 38.3 Å². The minimum absolute atomic E-state index is 0.234. The summed E-state index contributed by atoms with van der Waals surface area (Å²) in [6, 6.07) is 0. The van der Waals surface area contributed by atoms with Crippen molar-refractivity contribution in [2.24, 2.45) is 5.92 Å². The molecule has 2 N–H and O–H groups in total. The van der Waals surface area contributed by atoms with E-state index >= 15 is 0 Å². The molecule has 0 aliphatic carbocycles. The lowest BCUT2D eigenvalue weighted by atomic mass is 9.87. The van der Waals surface area contributed by atoms with E-state index in [1.54, 1.807) is 0 Å². The first-order valence-electron chi connectivity index (χ1n) is 6.84. The zero-order valence-electron chi connectivity index (χ0n) is 10.7. The lowest BCUT2D eigenvalue weighted by Gasteiger charge is -2.47. The molecule has 2 aliphatic rings. The van der Waals surface area contributed by atoms with Gasteiger partial charge in [-0.15, -0.1) is 0 Å². The summed E-state index contributed by atoms with van der Waals surface area (Å²) < 4.78 is 0. The molecule has 2 fully saturated rings. The van der Waals surface area contributed by atoms with Crippen LogP contribution >= 0.6 is 0 Å². The molecular weight excluding hydrogens is 216 g/mol. The minimum Gasteiger partial charge on any atom is -0.386 e. The van der Waals surface area contributed by atoms with Crippen molar-refractivity contribution in [1.29, 1.82) is 0 Å². The highest BCUT2D eigenvalue weighted by Gasteiger charge is 2.42. The Kier molecular flexibility index (Phi) is 4.05. The van der Waals surface area contributed by atoms with Crippen LogP contribution in [-0.4, -0.2) is 47.7 Å². The van der Waals surface area contributed by atoms with E-state index in [-0.39, 0.29) is 5.91 Å². The molecule has 0 spiro atoms. The number of aliphatic hydroxyl groups is 1. The average Bonchev–Trinajstić information content (AvgIpc) is 2.27. The number of nitrogens with zero attached hydrogens (tertiary/aromatic N) is 1. The Morgan fingerprint density at radius 1 is 1.41 bits per heavy atom. The van der Waals surface area contributed by atoms with Gasteiger partial charge in [-0.25, -0.2) is 0 Å². The molecular formula is C13H24N2O2. The lowest BCUT2D eigenvalue weighted by molar-refractivity contribution is -0.157. The summed E-state index contributed by atoms with van der Waals surface area (Å²) >= 11 is 0. The van der Waals surface area contributed by atoms with E-state index in [2.05, 4.69) is 12.2 Å². The normalized spacial score (nSPS) is 24.5. The summed E-state index contributed by atoms with van der Waals surface area (Å²) in [6.07, 6.45) is 4.68. The van der Waals surface area contributed by atoms with Gasteiger partial charge in [0.15, 0.2) is 0 Å². The monoisotopic (exact) mass is 240 g/mol. The zero-order valence-corrected chi connectivity index (χ0v) is 10.7. The Morgan fingerprint density at radius 2 is 2.06 bits per heavy atom. The summed E-state index contributed by atoms with van der Waals surface area (Å²) in [4.78, 5) is 13.8. The van der Waals surface area contributed by atoms with E-state index in [0.717, 1.165) is 38.8 Å². The van der Waals surface area contributed by atoms with Crippen molar-refractivity contribution in [2.45, 2.75) is 44.6 Å². The van der Waals surface area contributed by atoms with Crippen LogP contribution in [0.2, 0.25) is 0 Å². The van der Waals surface area contributed by atoms with Gasteiger partial charge in [-0.1, -0.05) is 13.3 Å². The maximum atomic E-state index is 12.0. The fourth-order valence-electron chi connectivity index (χ4n) is 2.93. The number of carbonyl (C=O) groups is 1. The van der Waals surface area contributed by atoms with Crippen molar-refractivity contribution in [2.75, 3.05) is 26.2 Å². The van der Waals surface area contributed by atoms with E-state index in [4.69, 9.17) is 0 Å². The molecule has 0 atom stereocenters. The molecule has 4 heteroatoms. The van der Waals surface area contributed by atoms with Gasteiger partial charge in [0.1, 0.15) is 0 Å². The number of rotatable bonds is 4. The highest BCUT2D eigenvalue weighted by molar-refractivity contribution is 5.77. The van der Waals surface area contributed by atoms with Crippen LogP contribution < -0.4 is 5.32 Å². The van der Waals surface area contributed by atoms with E-state index in [1.165, 1.54) is 0 Å². The number of carbonyl (C=O) groups excluding carboxylic acids is 1. The third kappa shape index (κ3) is 3.19. The van der Waals surface area contributed by atoms with Crippen LogP contribution in [0, 0.1) is 5.92 Å². The van der Waals surface area contributed by atoms with Crippen LogP contribution in [0.1, 0.15) is 39.0 Å². The van der Waals surface area contributed by atoms with E-state index in [9.17, 15) is 9.90 Å². The Hall–Kier alpha value is -0.610. The fraction of sp³-hybridized carbons (Fsp3) is 0.923. The van der Waals surface area contributed by atoms with Crippen LogP contribution in [0.4, 0.5) is 0 Å². The molecule has 0 aromatic heterocycles. The highest BCUT2D eigenvalue weighted by Crippen LogP contribution is 2.28. The maximum Gasteiger partial charge on any atom is 0.223 e. The first kappa shape index (κ1) is 12.8. The van der Waals surface area contributed by atoms with Crippen molar-refractivity contribution in [3.8, 4) is 0 Å². The summed E-state index contributed by atoms with van der Waals surface area (Å²) in [7, 11) is 0. The van der Waals surface area contributed by atoms with E-state index in [1.807, 2.05) is 4.90 Å². The smallest absolute Gasteiger partial charge is 0.223 e. The first-order chi connectivity index (χ1) is 8.13. The predicted octanol–water partition coefficient (Wildman–Crippen LogP) is 0.749. The van der Waals surface area contributed by atoms with Crippen molar-refractivity contribution in [3.05, 3.63) is 0 Å². The Labute approximate surface area is 103 Å². The van der Waals surface area contributed by atoms with Gasteiger partial charge < -0.3 is 15.3 Å². The molecule has 0 bridgehead atoms. The third-order valence-corrected chi connectivity index (χ3v) is 3.96. The summed E-state index contributed by atoms with van der Waals surface area (Å²) in [6.45, 7) is 5.24. The second kappa shape index (κ2) is 5.36. The predicted molar refractivity (Wildman–Crippen MR) is 66.6 cm³/mol. The summed E-state index contributed by atoms with van der Waals surface area (Å²) in [5.41, 5.74) is -0.585. The van der Waals surface area contributed by atoms with Crippen LogP contribution in [0.15, 0.2) is 0 Å².